The summed E-state index contributed by atoms with van der Waals surface area (Å²) >= 11 is 6.82. The van der Waals surface area contributed by atoms with Crippen LogP contribution in [-0.4, -0.2) is 36.9 Å². The van der Waals surface area contributed by atoms with Crippen LogP contribution < -0.4 is 15.1 Å². The third-order valence-electron chi connectivity index (χ3n) is 4.08. The number of benzene rings is 2. The van der Waals surface area contributed by atoms with Crippen LogP contribution in [0.1, 0.15) is 25.0 Å². The van der Waals surface area contributed by atoms with Crippen LogP contribution in [0.25, 0.3) is 0 Å². The Bertz CT molecular complexity index is 845. The van der Waals surface area contributed by atoms with E-state index in [1.54, 1.807) is 12.1 Å². The maximum Gasteiger partial charge on any atom is 0.277 e. The molecule has 0 unspecified atom stereocenters. The lowest BCUT2D eigenvalue weighted by atomic mass is 10.2. The minimum absolute atomic E-state index is 0.105. The first-order chi connectivity index (χ1) is 13.3. The van der Waals surface area contributed by atoms with E-state index >= 15 is 0 Å². The summed E-state index contributed by atoms with van der Waals surface area (Å²) in [5.74, 6) is 0.310. The highest BCUT2D eigenvalue weighted by Gasteiger charge is 2.10. The maximum atomic E-state index is 12.0. The molecule has 0 heterocycles. The van der Waals surface area contributed by atoms with Crippen LogP contribution in [0.4, 0.5) is 5.69 Å². The number of phenolic OH excluding ortho intramolecular Hbond substituents is 1. The Morgan fingerprint density at radius 2 is 1.96 bits per heavy atom. The number of carbonyl (C=O) groups excluding carboxylic acids is 1. The monoisotopic (exact) mass is 511 g/mol. The van der Waals surface area contributed by atoms with Gasteiger partial charge in [0.25, 0.3) is 5.91 Å². The van der Waals surface area contributed by atoms with Crippen molar-refractivity contribution in [2.24, 2.45) is 5.10 Å². The van der Waals surface area contributed by atoms with E-state index < -0.39 is 5.91 Å². The molecule has 0 saturated carbocycles. The van der Waals surface area contributed by atoms with E-state index in [9.17, 15) is 9.90 Å². The largest absolute Gasteiger partial charge is 0.507 e. The number of aryl methyl sites for hydroxylation is 1. The number of aromatic hydroxyl groups is 1. The van der Waals surface area contributed by atoms with Crippen molar-refractivity contribution in [3.05, 3.63) is 50.4 Å². The van der Waals surface area contributed by atoms with Gasteiger partial charge < -0.3 is 14.7 Å². The molecule has 0 bridgehead atoms. The van der Waals surface area contributed by atoms with Crippen molar-refractivity contribution < 1.29 is 14.6 Å². The fourth-order valence-electron chi connectivity index (χ4n) is 2.64. The van der Waals surface area contributed by atoms with Gasteiger partial charge in [-0.15, -0.1) is 0 Å². The number of rotatable bonds is 8. The smallest absolute Gasteiger partial charge is 0.277 e. The number of phenols is 1. The van der Waals surface area contributed by atoms with Gasteiger partial charge in [0.15, 0.2) is 6.61 Å². The van der Waals surface area contributed by atoms with Gasteiger partial charge in [0.1, 0.15) is 11.5 Å². The van der Waals surface area contributed by atoms with Crippen LogP contribution >= 0.6 is 31.9 Å². The van der Waals surface area contributed by atoms with Crippen molar-refractivity contribution in [3.63, 3.8) is 0 Å². The summed E-state index contributed by atoms with van der Waals surface area (Å²) in [6.45, 7) is 7.54. The molecule has 2 aromatic rings. The van der Waals surface area contributed by atoms with Crippen LogP contribution in [-0.2, 0) is 4.79 Å². The number of hydrogen-bond donors (Lipinski definition) is 2. The zero-order chi connectivity index (χ0) is 20.7. The molecule has 2 N–H and O–H groups in total. The number of amides is 1. The van der Waals surface area contributed by atoms with E-state index in [1.807, 2.05) is 25.1 Å². The van der Waals surface area contributed by atoms with Crippen molar-refractivity contribution in [1.29, 1.82) is 0 Å². The second kappa shape index (κ2) is 10.5. The van der Waals surface area contributed by atoms with Crippen molar-refractivity contribution in [2.75, 3.05) is 24.6 Å². The van der Waals surface area contributed by atoms with E-state index in [-0.39, 0.29) is 12.4 Å². The summed E-state index contributed by atoms with van der Waals surface area (Å²) < 4.78 is 7.25. The van der Waals surface area contributed by atoms with E-state index in [4.69, 9.17) is 4.74 Å². The highest BCUT2D eigenvalue weighted by molar-refractivity contribution is 9.11. The molecule has 0 atom stereocenters. The van der Waals surface area contributed by atoms with Gasteiger partial charge in [-0.2, -0.15) is 5.10 Å². The van der Waals surface area contributed by atoms with Crippen LogP contribution in [0.2, 0.25) is 0 Å². The van der Waals surface area contributed by atoms with E-state index in [0.29, 0.717) is 11.3 Å². The van der Waals surface area contributed by atoms with Gasteiger partial charge in [-0.25, -0.2) is 5.43 Å². The first-order valence-electron chi connectivity index (χ1n) is 8.84. The van der Waals surface area contributed by atoms with Crippen LogP contribution in [0.15, 0.2) is 44.4 Å². The summed E-state index contributed by atoms with van der Waals surface area (Å²) in [5, 5.41) is 14.1. The van der Waals surface area contributed by atoms with Crippen LogP contribution in [0, 0.1) is 6.92 Å². The minimum atomic E-state index is -0.398. The second-order valence-electron chi connectivity index (χ2n) is 6.03. The fraction of sp³-hybridized carbons (Fsp3) is 0.300. The van der Waals surface area contributed by atoms with E-state index in [1.165, 1.54) is 6.21 Å². The Hall–Kier alpha value is -2.06. The van der Waals surface area contributed by atoms with Crippen LogP contribution in [0.5, 0.6) is 11.5 Å². The Morgan fingerprint density at radius 3 is 2.57 bits per heavy atom. The van der Waals surface area contributed by atoms with Crippen molar-refractivity contribution in [3.8, 4) is 11.5 Å². The third-order valence-corrected chi connectivity index (χ3v) is 5.12. The van der Waals surface area contributed by atoms with Gasteiger partial charge in [0.05, 0.1) is 10.7 Å². The molecule has 2 rings (SSSR count). The number of halogens is 2. The number of hydrazone groups is 1. The molecule has 0 aliphatic rings. The lowest BCUT2D eigenvalue weighted by Crippen LogP contribution is -2.25. The quantitative estimate of drug-likeness (QED) is 0.400. The topological polar surface area (TPSA) is 74.2 Å². The van der Waals surface area contributed by atoms with Gasteiger partial charge in [-0.05, 0) is 66.5 Å². The molecule has 28 heavy (non-hydrogen) atoms. The number of carbonyl (C=O) groups is 1. The molecule has 6 nitrogen and oxygen atoms in total. The van der Waals surface area contributed by atoms with Crippen molar-refractivity contribution >= 4 is 49.7 Å². The molecular formula is C20H23Br2N3O3. The number of ether oxygens (including phenoxy) is 1. The number of nitrogens with one attached hydrogen (secondary N) is 1. The van der Waals surface area contributed by atoms with Crippen molar-refractivity contribution in [2.45, 2.75) is 20.8 Å². The van der Waals surface area contributed by atoms with Gasteiger partial charge in [-0.3, -0.25) is 4.79 Å². The highest BCUT2D eigenvalue weighted by atomic mass is 79.9. The molecule has 150 valence electrons. The Labute approximate surface area is 181 Å². The molecule has 0 fully saturated rings. The molecular weight excluding hydrogens is 490 g/mol. The van der Waals surface area contributed by atoms with E-state index in [2.05, 4.69) is 61.1 Å². The predicted molar refractivity (Wildman–Crippen MR) is 119 cm³/mol. The maximum absolute atomic E-state index is 12.0. The summed E-state index contributed by atoms with van der Waals surface area (Å²) in [7, 11) is 0. The Balaban J connectivity index is 1.93. The normalized spacial score (nSPS) is 10.9. The van der Waals surface area contributed by atoms with Gasteiger partial charge in [0, 0.05) is 34.9 Å². The lowest BCUT2D eigenvalue weighted by molar-refractivity contribution is -0.123. The standard InChI is InChI=1S/C20H23Br2N3O3/c1-4-25(5-2)16-7-6-14(18(26)10-16)11-23-24-19(27)12-28-20-13(3)8-15(21)9-17(20)22/h6-11,26H,4-5,12H2,1-3H3,(H,24,27). The number of nitrogens with zero attached hydrogens (tertiary/aromatic N) is 2. The third kappa shape index (κ3) is 5.97. The average Bonchev–Trinajstić information content (AvgIpc) is 2.63. The molecule has 0 aliphatic heterocycles. The average molecular weight is 513 g/mol. The zero-order valence-corrected chi connectivity index (χ0v) is 19.2. The molecule has 0 aromatic heterocycles. The SMILES string of the molecule is CCN(CC)c1ccc(C=NNC(=O)COc2c(C)cc(Br)cc2Br)c(O)c1. The molecule has 0 radical (unpaired) electrons. The molecule has 8 heteroatoms. The highest BCUT2D eigenvalue weighted by Crippen LogP contribution is 2.32. The summed E-state index contributed by atoms with van der Waals surface area (Å²) in [5.41, 5.74) is 4.75. The minimum Gasteiger partial charge on any atom is -0.507 e. The molecule has 0 spiro atoms. The van der Waals surface area contributed by atoms with Gasteiger partial charge in [-0.1, -0.05) is 15.9 Å². The first kappa shape index (κ1) is 22.2. The number of hydrogen-bond acceptors (Lipinski definition) is 5. The number of anilines is 1. The van der Waals surface area contributed by atoms with Crippen LogP contribution in [0.3, 0.4) is 0 Å². The Morgan fingerprint density at radius 1 is 1.25 bits per heavy atom. The zero-order valence-electron chi connectivity index (χ0n) is 16.0. The van der Waals surface area contributed by atoms with Crippen molar-refractivity contribution in [1.82, 2.24) is 5.43 Å². The second-order valence-corrected chi connectivity index (χ2v) is 7.80. The lowest BCUT2D eigenvalue weighted by Gasteiger charge is -2.21. The molecule has 0 saturated heterocycles. The fourth-order valence-corrected chi connectivity index (χ4v) is 4.20. The molecule has 1 amide bonds. The van der Waals surface area contributed by atoms with E-state index in [0.717, 1.165) is 33.3 Å². The predicted octanol–water partition coefficient (Wildman–Crippen LogP) is 4.60. The summed E-state index contributed by atoms with van der Waals surface area (Å²) in [6.07, 6.45) is 1.40. The summed E-state index contributed by atoms with van der Waals surface area (Å²) in [4.78, 5) is 14.1. The summed E-state index contributed by atoms with van der Waals surface area (Å²) in [6, 6.07) is 9.11. The first-order valence-corrected chi connectivity index (χ1v) is 10.4. The van der Waals surface area contributed by atoms with Gasteiger partial charge in [0.2, 0.25) is 0 Å². The molecule has 0 aliphatic carbocycles. The van der Waals surface area contributed by atoms with Gasteiger partial charge >= 0.3 is 0 Å². The Kier molecular flexibility index (Phi) is 8.32. The molecule has 2 aromatic carbocycles.